The topological polar surface area (TPSA) is 62.4 Å². The molecule has 0 radical (unpaired) electrons. The minimum absolute atomic E-state index is 0.192. The molecule has 1 aromatic heterocycles. The molecule has 0 saturated carbocycles. The molecule has 2 rings (SSSR count). The fourth-order valence-corrected chi connectivity index (χ4v) is 2.26. The average molecular weight is 354 g/mol. The fraction of sp³-hybridized carbons (Fsp3) is 0.467. The van der Waals surface area contributed by atoms with Gasteiger partial charge in [-0.25, -0.2) is 0 Å². The van der Waals surface area contributed by atoms with E-state index in [4.69, 9.17) is 9.52 Å². The van der Waals surface area contributed by atoms with Crippen LogP contribution in [0.25, 0.3) is 11.5 Å². The van der Waals surface area contributed by atoms with E-state index < -0.39 is 0 Å². The number of benzene rings is 1. The van der Waals surface area contributed by atoms with E-state index in [2.05, 4.69) is 44.9 Å². The second-order valence-electron chi connectivity index (χ2n) is 5.15. The molecule has 0 aliphatic carbocycles. The maximum absolute atomic E-state index is 8.96. The lowest BCUT2D eigenvalue weighted by molar-refractivity contribution is 0.171. The summed E-state index contributed by atoms with van der Waals surface area (Å²) < 4.78 is 6.74. The molecule has 0 unspecified atom stereocenters. The van der Waals surface area contributed by atoms with Crippen molar-refractivity contribution in [1.82, 2.24) is 15.1 Å². The van der Waals surface area contributed by atoms with Gasteiger partial charge in [0, 0.05) is 29.2 Å². The number of halogens is 1. The molecule has 114 valence electrons. The Labute approximate surface area is 133 Å². The smallest absolute Gasteiger partial charge is 0.247 e. The Bertz CT molecular complexity index is 554. The standard InChI is InChI=1S/C15H20BrN3O2/c1-11(2)19(8-3-9-20)10-14-17-18-15(21-14)12-4-6-13(16)7-5-12/h4-7,11,20H,3,8-10H2,1-2H3. The van der Waals surface area contributed by atoms with Gasteiger partial charge in [-0.15, -0.1) is 10.2 Å². The number of aromatic nitrogens is 2. The largest absolute Gasteiger partial charge is 0.419 e. The van der Waals surface area contributed by atoms with E-state index in [1.165, 1.54) is 0 Å². The van der Waals surface area contributed by atoms with Crippen LogP contribution in [0.3, 0.4) is 0 Å². The van der Waals surface area contributed by atoms with Crippen molar-refractivity contribution in [2.45, 2.75) is 32.9 Å². The summed E-state index contributed by atoms with van der Waals surface area (Å²) in [5, 5.41) is 17.2. The monoisotopic (exact) mass is 353 g/mol. The Hall–Kier alpha value is -1.24. The number of hydrogen-bond acceptors (Lipinski definition) is 5. The van der Waals surface area contributed by atoms with Crippen LogP contribution in [0.5, 0.6) is 0 Å². The maximum atomic E-state index is 8.96. The quantitative estimate of drug-likeness (QED) is 0.828. The summed E-state index contributed by atoms with van der Waals surface area (Å²) in [5.74, 6) is 1.13. The van der Waals surface area contributed by atoms with Crippen molar-refractivity contribution in [1.29, 1.82) is 0 Å². The highest BCUT2D eigenvalue weighted by Crippen LogP contribution is 2.21. The summed E-state index contributed by atoms with van der Waals surface area (Å²) in [6, 6.07) is 8.13. The lowest BCUT2D eigenvalue weighted by atomic mass is 10.2. The molecule has 21 heavy (non-hydrogen) atoms. The minimum atomic E-state index is 0.192. The van der Waals surface area contributed by atoms with Crippen LogP contribution in [0, 0.1) is 0 Å². The van der Waals surface area contributed by atoms with Crippen LogP contribution >= 0.6 is 15.9 Å². The predicted octanol–water partition coefficient (Wildman–Crippen LogP) is 3.09. The third-order valence-electron chi connectivity index (χ3n) is 3.23. The van der Waals surface area contributed by atoms with Gasteiger partial charge in [0.1, 0.15) is 0 Å². The van der Waals surface area contributed by atoms with E-state index in [1.807, 2.05) is 24.3 Å². The molecule has 0 saturated heterocycles. The Morgan fingerprint density at radius 3 is 2.57 bits per heavy atom. The SMILES string of the molecule is CC(C)N(CCCO)Cc1nnc(-c2ccc(Br)cc2)o1. The number of rotatable bonds is 7. The van der Waals surface area contributed by atoms with Crippen LogP contribution in [0.4, 0.5) is 0 Å². The van der Waals surface area contributed by atoms with Crippen molar-refractivity contribution in [2.75, 3.05) is 13.2 Å². The first-order valence-corrected chi connectivity index (χ1v) is 7.82. The normalized spacial score (nSPS) is 11.5. The van der Waals surface area contributed by atoms with Crippen LogP contribution < -0.4 is 0 Å². The number of hydrogen-bond donors (Lipinski definition) is 1. The van der Waals surface area contributed by atoms with E-state index in [0.717, 1.165) is 23.0 Å². The van der Waals surface area contributed by atoms with Gasteiger partial charge in [0.25, 0.3) is 0 Å². The van der Waals surface area contributed by atoms with E-state index >= 15 is 0 Å². The van der Waals surface area contributed by atoms with E-state index in [1.54, 1.807) is 0 Å². The summed E-state index contributed by atoms with van der Waals surface area (Å²) in [7, 11) is 0. The molecule has 0 fully saturated rings. The van der Waals surface area contributed by atoms with Gasteiger partial charge in [-0.05, 0) is 44.5 Å². The molecule has 0 spiro atoms. The first-order chi connectivity index (χ1) is 10.1. The third kappa shape index (κ3) is 4.62. The van der Waals surface area contributed by atoms with Crippen molar-refractivity contribution in [3.63, 3.8) is 0 Å². The molecule has 1 aromatic carbocycles. The first-order valence-electron chi connectivity index (χ1n) is 7.03. The molecule has 0 bridgehead atoms. The third-order valence-corrected chi connectivity index (χ3v) is 3.76. The number of nitrogens with zero attached hydrogens (tertiary/aromatic N) is 3. The van der Waals surface area contributed by atoms with Crippen LogP contribution in [-0.4, -0.2) is 39.4 Å². The van der Waals surface area contributed by atoms with Gasteiger partial charge >= 0.3 is 0 Å². The molecule has 1 N–H and O–H groups in total. The second-order valence-corrected chi connectivity index (χ2v) is 6.06. The first kappa shape index (κ1) is 16.1. The van der Waals surface area contributed by atoms with E-state index in [9.17, 15) is 0 Å². The van der Waals surface area contributed by atoms with Gasteiger partial charge in [-0.1, -0.05) is 15.9 Å². The Morgan fingerprint density at radius 2 is 1.95 bits per heavy atom. The lowest BCUT2D eigenvalue weighted by Gasteiger charge is -2.24. The molecule has 2 aromatic rings. The van der Waals surface area contributed by atoms with Crippen LogP contribution in [0.15, 0.2) is 33.2 Å². The van der Waals surface area contributed by atoms with Gasteiger partial charge in [-0.2, -0.15) is 0 Å². The summed E-state index contributed by atoms with van der Waals surface area (Å²) in [5.41, 5.74) is 0.906. The minimum Gasteiger partial charge on any atom is -0.419 e. The van der Waals surface area contributed by atoms with Crippen molar-refractivity contribution in [3.05, 3.63) is 34.6 Å². The zero-order valence-corrected chi connectivity index (χ0v) is 13.9. The molecule has 0 atom stereocenters. The number of aliphatic hydroxyl groups excluding tert-OH is 1. The van der Waals surface area contributed by atoms with Crippen LogP contribution in [0.2, 0.25) is 0 Å². The van der Waals surface area contributed by atoms with Gasteiger partial charge < -0.3 is 9.52 Å². The van der Waals surface area contributed by atoms with Crippen molar-refractivity contribution in [2.24, 2.45) is 0 Å². The summed E-state index contributed by atoms with van der Waals surface area (Å²) in [6.07, 6.45) is 0.742. The molecule has 0 aliphatic heterocycles. The van der Waals surface area contributed by atoms with Gasteiger partial charge in [0.2, 0.25) is 11.8 Å². The summed E-state index contributed by atoms with van der Waals surface area (Å²) in [4.78, 5) is 2.20. The fourth-order valence-electron chi connectivity index (χ4n) is 1.99. The molecule has 5 nitrogen and oxygen atoms in total. The Kier molecular flexibility index (Phi) is 5.90. The average Bonchev–Trinajstić information content (AvgIpc) is 2.92. The molecule has 1 heterocycles. The maximum Gasteiger partial charge on any atom is 0.247 e. The van der Waals surface area contributed by atoms with Crippen molar-refractivity contribution >= 4 is 15.9 Å². The molecular formula is C15H20BrN3O2. The summed E-state index contributed by atoms with van der Waals surface area (Å²) >= 11 is 3.40. The van der Waals surface area contributed by atoms with Crippen molar-refractivity contribution < 1.29 is 9.52 Å². The highest BCUT2D eigenvalue weighted by Gasteiger charge is 2.15. The zero-order valence-electron chi connectivity index (χ0n) is 12.3. The zero-order chi connectivity index (χ0) is 15.2. The molecule has 0 amide bonds. The Morgan fingerprint density at radius 1 is 1.24 bits per heavy atom. The predicted molar refractivity (Wildman–Crippen MR) is 84.7 cm³/mol. The highest BCUT2D eigenvalue weighted by atomic mass is 79.9. The highest BCUT2D eigenvalue weighted by molar-refractivity contribution is 9.10. The summed E-state index contributed by atoms with van der Waals surface area (Å²) in [6.45, 7) is 5.83. The molecule has 0 aliphatic rings. The van der Waals surface area contributed by atoms with Crippen LogP contribution in [-0.2, 0) is 6.54 Å². The van der Waals surface area contributed by atoms with Gasteiger partial charge in [0.15, 0.2) is 0 Å². The van der Waals surface area contributed by atoms with E-state index in [0.29, 0.717) is 24.4 Å². The van der Waals surface area contributed by atoms with E-state index in [-0.39, 0.29) is 6.61 Å². The van der Waals surface area contributed by atoms with Crippen LogP contribution in [0.1, 0.15) is 26.2 Å². The van der Waals surface area contributed by atoms with Gasteiger partial charge in [0.05, 0.1) is 6.54 Å². The molecular weight excluding hydrogens is 334 g/mol. The second kappa shape index (κ2) is 7.68. The van der Waals surface area contributed by atoms with Gasteiger partial charge in [-0.3, -0.25) is 4.90 Å². The number of aliphatic hydroxyl groups is 1. The Balaban J connectivity index is 2.06. The lowest BCUT2D eigenvalue weighted by Crippen LogP contribution is -2.31. The molecule has 6 heteroatoms. The van der Waals surface area contributed by atoms with Crippen molar-refractivity contribution in [3.8, 4) is 11.5 Å².